The van der Waals surface area contributed by atoms with Gasteiger partial charge in [0.15, 0.2) is 5.78 Å². The van der Waals surface area contributed by atoms with Crippen molar-refractivity contribution in [3.05, 3.63) is 61.8 Å². The van der Waals surface area contributed by atoms with E-state index in [9.17, 15) is 14.4 Å². The van der Waals surface area contributed by atoms with Gasteiger partial charge in [0.2, 0.25) is 0 Å². The van der Waals surface area contributed by atoms with Crippen molar-refractivity contribution < 1.29 is 4.79 Å². The second-order valence-electron chi connectivity index (χ2n) is 6.05. The summed E-state index contributed by atoms with van der Waals surface area (Å²) in [4.78, 5) is 38.3. The van der Waals surface area contributed by atoms with E-state index in [4.69, 9.17) is 5.73 Å². The molecular weight excluding hydrogens is 308 g/mol. The molecule has 0 aliphatic rings. The van der Waals surface area contributed by atoms with Crippen LogP contribution < -0.4 is 17.0 Å². The lowest BCUT2D eigenvalue weighted by molar-refractivity contribution is 0.0941. The molecule has 0 amide bonds. The van der Waals surface area contributed by atoms with Crippen LogP contribution in [0.3, 0.4) is 0 Å². The van der Waals surface area contributed by atoms with E-state index < -0.39 is 17.0 Å². The lowest BCUT2D eigenvalue weighted by atomic mass is 10.1. The van der Waals surface area contributed by atoms with E-state index in [0.29, 0.717) is 6.54 Å². The van der Waals surface area contributed by atoms with E-state index in [-0.39, 0.29) is 17.9 Å². The number of carbonyl (C=O) groups is 1. The van der Waals surface area contributed by atoms with Crippen molar-refractivity contribution in [3.8, 4) is 0 Å². The Morgan fingerprint density at radius 2 is 1.71 bits per heavy atom. The lowest BCUT2D eigenvalue weighted by Crippen LogP contribution is -2.43. The smallest absolute Gasteiger partial charge is 0.332 e. The fraction of sp³-hybridized carbons (Fsp3) is 0.353. The van der Waals surface area contributed by atoms with Crippen LogP contribution in [0.2, 0.25) is 0 Å². The molecule has 2 N–H and O–H groups in total. The van der Waals surface area contributed by atoms with Gasteiger partial charge in [0.05, 0.1) is 6.54 Å². The van der Waals surface area contributed by atoms with Gasteiger partial charge in [-0.05, 0) is 19.5 Å². The van der Waals surface area contributed by atoms with Crippen LogP contribution in [-0.2, 0) is 20.6 Å². The molecule has 0 spiro atoms. The monoisotopic (exact) mass is 330 g/mol. The summed E-state index contributed by atoms with van der Waals surface area (Å²) < 4.78 is 2.00. The highest BCUT2D eigenvalue weighted by molar-refractivity contribution is 6.01. The molecule has 2 rings (SSSR count). The largest absolute Gasteiger partial charge is 0.384 e. The second kappa shape index (κ2) is 6.84. The maximum atomic E-state index is 12.5. The first-order valence-corrected chi connectivity index (χ1v) is 7.55. The first-order valence-electron chi connectivity index (χ1n) is 7.55. The zero-order valence-electron chi connectivity index (χ0n) is 14.4. The van der Waals surface area contributed by atoms with Gasteiger partial charge in [-0.1, -0.05) is 29.8 Å². The number of benzene rings is 1. The molecule has 0 radical (unpaired) electrons. The van der Waals surface area contributed by atoms with E-state index in [1.54, 1.807) is 11.9 Å². The summed E-state index contributed by atoms with van der Waals surface area (Å²) in [7, 11) is 4.56. The van der Waals surface area contributed by atoms with Crippen molar-refractivity contribution in [1.82, 2.24) is 14.0 Å². The van der Waals surface area contributed by atoms with Gasteiger partial charge in [-0.3, -0.25) is 23.6 Å². The van der Waals surface area contributed by atoms with Crippen LogP contribution in [0, 0.1) is 6.92 Å². The number of nitrogens with zero attached hydrogens (tertiary/aromatic N) is 3. The molecular formula is C17H22N4O3. The molecule has 1 aromatic carbocycles. The molecule has 0 aliphatic heterocycles. The topological polar surface area (TPSA) is 90.3 Å². The number of anilines is 1. The van der Waals surface area contributed by atoms with Crippen LogP contribution in [0.5, 0.6) is 0 Å². The van der Waals surface area contributed by atoms with Gasteiger partial charge in [-0.25, -0.2) is 4.79 Å². The maximum Gasteiger partial charge on any atom is 0.332 e. The molecule has 0 unspecified atom stereocenters. The summed E-state index contributed by atoms with van der Waals surface area (Å²) in [6.07, 6.45) is 0. The Labute approximate surface area is 139 Å². The number of nitrogens with two attached hydrogens (primary N) is 1. The summed E-state index contributed by atoms with van der Waals surface area (Å²) in [5.41, 5.74) is 6.68. The minimum atomic E-state index is -0.663. The Morgan fingerprint density at radius 3 is 2.29 bits per heavy atom. The summed E-state index contributed by atoms with van der Waals surface area (Å²) >= 11 is 0. The highest BCUT2D eigenvalue weighted by Gasteiger charge is 2.21. The average Bonchev–Trinajstić information content (AvgIpc) is 2.53. The van der Waals surface area contributed by atoms with Gasteiger partial charge < -0.3 is 5.73 Å². The van der Waals surface area contributed by atoms with Gasteiger partial charge in [0.25, 0.3) is 5.56 Å². The summed E-state index contributed by atoms with van der Waals surface area (Å²) in [6.45, 7) is 2.61. The molecule has 24 heavy (non-hydrogen) atoms. The SMILES string of the molecule is Cc1ccc(CN(C)CC(=O)c2c(N)n(C)c(=O)n(C)c2=O)cc1. The van der Waals surface area contributed by atoms with Gasteiger partial charge in [0.1, 0.15) is 11.4 Å². The zero-order valence-corrected chi connectivity index (χ0v) is 14.4. The average molecular weight is 330 g/mol. The van der Waals surface area contributed by atoms with Crippen LogP contribution >= 0.6 is 0 Å². The number of hydrogen-bond acceptors (Lipinski definition) is 5. The van der Waals surface area contributed by atoms with Crippen molar-refractivity contribution in [2.75, 3.05) is 19.3 Å². The summed E-state index contributed by atoms with van der Waals surface area (Å²) in [5, 5.41) is 0. The number of nitrogen functional groups attached to an aromatic ring is 1. The Morgan fingerprint density at radius 1 is 1.12 bits per heavy atom. The quantitative estimate of drug-likeness (QED) is 0.796. The third kappa shape index (κ3) is 3.46. The van der Waals surface area contributed by atoms with Crippen LogP contribution in [-0.4, -0.2) is 33.4 Å². The fourth-order valence-corrected chi connectivity index (χ4v) is 2.51. The number of carbonyl (C=O) groups excluding carboxylic acids is 1. The number of Topliss-reactive ketones (excluding diaryl/α,β-unsaturated/α-hetero) is 1. The second-order valence-corrected chi connectivity index (χ2v) is 6.05. The van der Waals surface area contributed by atoms with E-state index in [1.807, 2.05) is 31.2 Å². The van der Waals surface area contributed by atoms with Crippen molar-refractivity contribution in [3.63, 3.8) is 0 Å². The van der Waals surface area contributed by atoms with Crippen LogP contribution in [0.25, 0.3) is 0 Å². The molecule has 7 heteroatoms. The molecule has 2 aromatic rings. The molecule has 0 fully saturated rings. The minimum Gasteiger partial charge on any atom is -0.384 e. The van der Waals surface area contributed by atoms with E-state index in [1.165, 1.54) is 19.7 Å². The number of rotatable bonds is 5. The Kier molecular flexibility index (Phi) is 5.04. The number of hydrogen-bond donors (Lipinski definition) is 1. The summed E-state index contributed by atoms with van der Waals surface area (Å²) in [6, 6.07) is 8.00. The van der Waals surface area contributed by atoms with Crippen molar-refractivity contribution >= 4 is 11.6 Å². The fourth-order valence-electron chi connectivity index (χ4n) is 2.51. The molecule has 7 nitrogen and oxygen atoms in total. The Bertz CT molecular complexity index is 878. The van der Waals surface area contributed by atoms with E-state index in [0.717, 1.165) is 14.7 Å². The third-order valence-corrected chi connectivity index (χ3v) is 3.98. The maximum absolute atomic E-state index is 12.5. The van der Waals surface area contributed by atoms with Crippen LogP contribution in [0.1, 0.15) is 21.5 Å². The van der Waals surface area contributed by atoms with Gasteiger partial charge >= 0.3 is 5.69 Å². The predicted molar refractivity (Wildman–Crippen MR) is 93.2 cm³/mol. The molecule has 0 bridgehead atoms. The van der Waals surface area contributed by atoms with E-state index >= 15 is 0 Å². The molecule has 0 saturated heterocycles. The van der Waals surface area contributed by atoms with Crippen molar-refractivity contribution in [2.45, 2.75) is 13.5 Å². The standard InChI is InChI=1S/C17H22N4O3/c1-11-5-7-12(8-6-11)9-19(2)10-13(22)14-15(18)20(3)17(24)21(4)16(14)23/h5-8H,9-10,18H2,1-4H3. The molecule has 1 aromatic heterocycles. The van der Waals surface area contributed by atoms with Crippen LogP contribution in [0.4, 0.5) is 5.82 Å². The van der Waals surface area contributed by atoms with Crippen molar-refractivity contribution in [1.29, 1.82) is 0 Å². The molecule has 0 saturated carbocycles. The third-order valence-electron chi connectivity index (χ3n) is 3.98. The van der Waals surface area contributed by atoms with Gasteiger partial charge in [-0.2, -0.15) is 0 Å². The molecule has 1 heterocycles. The molecule has 0 atom stereocenters. The first kappa shape index (κ1) is 17.7. The van der Waals surface area contributed by atoms with Crippen molar-refractivity contribution in [2.24, 2.45) is 14.1 Å². The molecule has 128 valence electrons. The highest BCUT2D eigenvalue weighted by Crippen LogP contribution is 2.08. The summed E-state index contributed by atoms with van der Waals surface area (Å²) in [5.74, 6) is -0.504. The molecule has 0 aliphatic carbocycles. The van der Waals surface area contributed by atoms with Crippen LogP contribution in [0.15, 0.2) is 33.9 Å². The van der Waals surface area contributed by atoms with Gasteiger partial charge in [-0.15, -0.1) is 0 Å². The highest BCUT2D eigenvalue weighted by atomic mass is 16.2. The Hall–Kier alpha value is -2.67. The van der Waals surface area contributed by atoms with E-state index in [2.05, 4.69) is 0 Å². The minimum absolute atomic E-state index is 0.0333. The number of aryl methyl sites for hydroxylation is 1. The number of ketones is 1. The zero-order chi connectivity index (χ0) is 18.0. The van der Waals surface area contributed by atoms with Gasteiger partial charge in [0, 0.05) is 20.6 Å². The number of aromatic nitrogens is 2. The Balaban J connectivity index is 2.22. The predicted octanol–water partition coefficient (Wildman–Crippen LogP) is 0.289. The number of likely N-dealkylation sites (N-methyl/N-ethyl adjacent to an activating group) is 1. The first-order chi connectivity index (χ1) is 11.2. The normalized spacial score (nSPS) is 11.0. The lowest BCUT2D eigenvalue weighted by Gasteiger charge is -2.17.